The van der Waals surface area contributed by atoms with Crippen LogP contribution < -0.4 is 10.6 Å². The first-order valence-corrected chi connectivity index (χ1v) is 4.30. The van der Waals surface area contributed by atoms with Gasteiger partial charge in [-0.15, -0.1) is 0 Å². The van der Waals surface area contributed by atoms with Gasteiger partial charge in [-0.2, -0.15) is 0 Å². The van der Waals surface area contributed by atoms with Crippen LogP contribution in [-0.4, -0.2) is 44.0 Å². The van der Waals surface area contributed by atoms with Crippen LogP contribution in [0.1, 0.15) is 6.42 Å². The van der Waals surface area contributed by atoms with E-state index in [1.807, 2.05) is 0 Å². The van der Waals surface area contributed by atoms with Crippen LogP contribution in [0.5, 0.6) is 0 Å². The SMILES string of the molecule is [CH2]COCCNC(=O)NCCCO. The quantitative estimate of drug-likeness (QED) is 0.474. The number of aliphatic hydroxyl groups excluding tert-OH is 1. The Bertz CT molecular complexity index is 131. The molecule has 0 rings (SSSR count). The van der Waals surface area contributed by atoms with Gasteiger partial charge in [0.05, 0.1) is 6.61 Å². The molecule has 0 saturated carbocycles. The zero-order chi connectivity index (χ0) is 9.94. The van der Waals surface area contributed by atoms with Gasteiger partial charge in [0.2, 0.25) is 0 Å². The smallest absolute Gasteiger partial charge is 0.314 e. The monoisotopic (exact) mass is 189 g/mol. The summed E-state index contributed by atoms with van der Waals surface area (Å²) in [6.45, 7) is 5.41. The number of urea groups is 1. The second kappa shape index (κ2) is 9.28. The number of carbonyl (C=O) groups excluding carboxylic acids is 1. The molecule has 0 aliphatic rings. The Balaban J connectivity index is 3.11. The van der Waals surface area contributed by atoms with Crippen molar-refractivity contribution in [3.63, 3.8) is 0 Å². The summed E-state index contributed by atoms with van der Waals surface area (Å²) in [4.78, 5) is 10.9. The van der Waals surface area contributed by atoms with Gasteiger partial charge in [-0.25, -0.2) is 4.79 Å². The third kappa shape index (κ3) is 9.10. The largest absolute Gasteiger partial charge is 0.396 e. The lowest BCUT2D eigenvalue weighted by Gasteiger charge is -2.06. The van der Waals surface area contributed by atoms with Crippen LogP contribution >= 0.6 is 0 Å². The Morgan fingerprint density at radius 1 is 1.38 bits per heavy atom. The maximum absolute atomic E-state index is 10.9. The Kier molecular flexibility index (Phi) is 8.70. The average molecular weight is 189 g/mol. The fraction of sp³-hybridized carbons (Fsp3) is 0.750. The van der Waals surface area contributed by atoms with Gasteiger partial charge in [0, 0.05) is 26.3 Å². The highest BCUT2D eigenvalue weighted by molar-refractivity contribution is 5.73. The lowest BCUT2D eigenvalue weighted by atomic mass is 10.4. The van der Waals surface area contributed by atoms with E-state index in [2.05, 4.69) is 17.6 Å². The van der Waals surface area contributed by atoms with Crippen LogP contribution in [0.15, 0.2) is 0 Å². The Labute approximate surface area is 78.5 Å². The number of aliphatic hydroxyl groups is 1. The average Bonchev–Trinajstić information content (AvgIpc) is 2.13. The molecule has 13 heavy (non-hydrogen) atoms. The minimum absolute atomic E-state index is 0.0882. The van der Waals surface area contributed by atoms with Crippen LogP contribution in [0.4, 0.5) is 4.79 Å². The van der Waals surface area contributed by atoms with Gasteiger partial charge in [-0.3, -0.25) is 0 Å². The minimum atomic E-state index is -0.235. The Hall–Kier alpha value is -0.810. The summed E-state index contributed by atoms with van der Waals surface area (Å²) in [6, 6.07) is -0.235. The molecule has 3 N–H and O–H groups in total. The number of hydrogen-bond acceptors (Lipinski definition) is 3. The van der Waals surface area contributed by atoms with Gasteiger partial charge >= 0.3 is 6.03 Å². The molecular formula is C8H17N2O3. The van der Waals surface area contributed by atoms with Crippen LogP contribution in [0.3, 0.4) is 0 Å². The van der Waals surface area contributed by atoms with E-state index in [-0.39, 0.29) is 12.6 Å². The highest BCUT2D eigenvalue weighted by Gasteiger charge is 1.96. The Morgan fingerprint density at radius 3 is 2.69 bits per heavy atom. The molecule has 0 aromatic carbocycles. The number of carbonyl (C=O) groups is 1. The summed E-state index contributed by atoms with van der Waals surface area (Å²) in [5.74, 6) is 0. The fourth-order valence-corrected chi connectivity index (χ4v) is 0.682. The van der Waals surface area contributed by atoms with E-state index in [1.54, 1.807) is 0 Å². The standard InChI is InChI=1S/C8H17N2O3/c1-2-13-7-5-10-8(12)9-4-3-6-11/h11H,1-7H2,(H2,9,10,12). The van der Waals surface area contributed by atoms with Crippen molar-refractivity contribution in [1.29, 1.82) is 0 Å². The molecular weight excluding hydrogens is 172 g/mol. The van der Waals surface area contributed by atoms with E-state index in [4.69, 9.17) is 9.84 Å². The van der Waals surface area contributed by atoms with E-state index >= 15 is 0 Å². The van der Waals surface area contributed by atoms with Crippen LogP contribution in [-0.2, 0) is 4.74 Å². The molecule has 0 saturated heterocycles. The molecule has 5 heteroatoms. The van der Waals surface area contributed by atoms with Crippen molar-refractivity contribution in [2.24, 2.45) is 0 Å². The highest BCUT2D eigenvalue weighted by Crippen LogP contribution is 1.74. The lowest BCUT2D eigenvalue weighted by molar-refractivity contribution is 0.162. The molecule has 1 radical (unpaired) electrons. The topological polar surface area (TPSA) is 70.6 Å². The first-order valence-electron chi connectivity index (χ1n) is 4.30. The summed E-state index contributed by atoms with van der Waals surface area (Å²) in [6.07, 6.45) is 0.572. The summed E-state index contributed by atoms with van der Waals surface area (Å²) >= 11 is 0. The molecule has 0 bridgehead atoms. The van der Waals surface area contributed by atoms with E-state index < -0.39 is 0 Å². The first kappa shape index (κ1) is 12.2. The summed E-state index contributed by atoms with van der Waals surface area (Å²) in [5, 5.41) is 13.6. The third-order valence-electron chi connectivity index (χ3n) is 1.30. The molecule has 0 aliphatic carbocycles. The third-order valence-corrected chi connectivity index (χ3v) is 1.30. The van der Waals surface area contributed by atoms with Crippen molar-refractivity contribution in [3.05, 3.63) is 6.92 Å². The second-order valence-corrected chi connectivity index (χ2v) is 2.37. The zero-order valence-corrected chi connectivity index (χ0v) is 7.71. The van der Waals surface area contributed by atoms with Crippen molar-refractivity contribution >= 4 is 6.03 Å². The molecule has 77 valence electrons. The summed E-state index contributed by atoms with van der Waals surface area (Å²) < 4.78 is 4.92. The molecule has 0 atom stereocenters. The van der Waals surface area contributed by atoms with Crippen molar-refractivity contribution < 1.29 is 14.6 Å². The van der Waals surface area contributed by atoms with Crippen LogP contribution in [0, 0.1) is 6.92 Å². The number of amides is 2. The molecule has 0 fully saturated rings. The predicted molar refractivity (Wildman–Crippen MR) is 49.3 cm³/mol. The maximum Gasteiger partial charge on any atom is 0.314 e. The van der Waals surface area contributed by atoms with E-state index in [0.717, 1.165) is 0 Å². The van der Waals surface area contributed by atoms with Crippen molar-refractivity contribution in [1.82, 2.24) is 10.6 Å². The van der Waals surface area contributed by atoms with Gasteiger partial charge in [-0.05, 0) is 13.3 Å². The zero-order valence-electron chi connectivity index (χ0n) is 7.71. The van der Waals surface area contributed by atoms with Gasteiger partial charge in [0.15, 0.2) is 0 Å². The first-order chi connectivity index (χ1) is 6.31. The van der Waals surface area contributed by atoms with E-state index in [9.17, 15) is 4.79 Å². The highest BCUT2D eigenvalue weighted by atomic mass is 16.5. The van der Waals surface area contributed by atoms with E-state index in [0.29, 0.717) is 32.7 Å². The number of ether oxygens (including phenoxy) is 1. The number of nitrogens with one attached hydrogen (secondary N) is 2. The lowest BCUT2D eigenvalue weighted by Crippen LogP contribution is -2.37. The predicted octanol–water partition coefficient (Wildman–Crippen LogP) is -0.481. The van der Waals surface area contributed by atoms with Crippen LogP contribution in [0.2, 0.25) is 0 Å². The number of hydrogen-bond donors (Lipinski definition) is 3. The number of rotatable bonds is 7. The van der Waals surface area contributed by atoms with Gasteiger partial charge in [0.1, 0.15) is 0 Å². The fourth-order valence-electron chi connectivity index (χ4n) is 0.682. The molecule has 0 aromatic heterocycles. The molecule has 0 aromatic rings. The van der Waals surface area contributed by atoms with Crippen molar-refractivity contribution in [3.8, 4) is 0 Å². The van der Waals surface area contributed by atoms with Crippen molar-refractivity contribution in [2.45, 2.75) is 6.42 Å². The van der Waals surface area contributed by atoms with Crippen LogP contribution in [0.25, 0.3) is 0 Å². The molecule has 2 amide bonds. The van der Waals surface area contributed by atoms with Gasteiger partial charge in [-0.1, -0.05) is 0 Å². The summed E-state index contributed by atoms with van der Waals surface area (Å²) in [5.41, 5.74) is 0. The molecule has 0 spiro atoms. The van der Waals surface area contributed by atoms with Crippen molar-refractivity contribution in [2.75, 3.05) is 32.9 Å². The molecule has 0 aliphatic heterocycles. The van der Waals surface area contributed by atoms with Gasteiger partial charge in [0.25, 0.3) is 0 Å². The minimum Gasteiger partial charge on any atom is -0.396 e. The Morgan fingerprint density at radius 2 is 2.08 bits per heavy atom. The molecule has 0 unspecified atom stereocenters. The molecule has 0 heterocycles. The van der Waals surface area contributed by atoms with Gasteiger partial charge < -0.3 is 20.5 Å². The normalized spacial score (nSPS) is 9.69. The molecule has 5 nitrogen and oxygen atoms in total. The summed E-state index contributed by atoms with van der Waals surface area (Å²) in [7, 11) is 0. The second-order valence-electron chi connectivity index (χ2n) is 2.37. The van der Waals surface area contributed by atoms with E-state index in [1.165, 1.54) is 0 Å². The maximum atomic E-state index is 10.9.